The van der Waals surface area contributed by atoms with Crippen LogP contribution in [0.2, 0.25) is 0 Å². The van der Waals surface area contributed by atoms with Gasteiger partial charge in [0.15, 0.2) is 0 Å². The number of hydrogen-bond acceptors (Lipinski definition) is 4. The first-order chi connectivity index (χ1) is 8.49. The van der Waals surface area contributed by atoms with Crippen LogP contribution < -0.4 is 4.72 Å². The van der Waals surface area contributed by atoms with Crippen LogP contribution in [0, 0.1) is 5.82 Å². The van der Waals surface area contributed by atoms with E-state index in [1.807, 2.05) is 0 Å². The lowest BCUT2D eigenvalue weighted by molar-refractivity contribution is 0.0902. The van der Waals surface area contributed by atoms with Crippen LogP contribution in [0.3, 0.4) is 0 Å². The molecular formula is C11H15FN2O3S. The molecule has 1 aliphatic heterocycles. The lowest BCUT2D eigenvalue weighted by Crippen LogP contribution is -2.40. The van der Waals surface area contributed by atoms with Gasteiger partial charge in [-0.05, 0) is 25.8 Å². The number of nitrogens with one attached hydrogen (secondary N) is 1. The number of aromatic nitrogens is 1. The van der Waals surface area contributed by atoms with Crippen LogP contribution in [0.4, 0.5) is 4.39 Å². The van der Waals surface area contributed by atoms with E-state index in [0.717, 1.165) is 31.3 Å². The number of hydrogen-bond donors (Lipinski definition) is 1. The normalized spacial score (nSPS) is 22.0. The van der Waals surface area contributed by atoms with Crippen molar-refractivity contribution in [2.45, 2.75) is 36.8 Å². The Morgan fingerprint density at radius 3 is 2.94 bits per heavy atom. The van der Waals surface area contributed by atoms with Gasteiger partial charge >= 0.3 is 0 Å². The zero-order valence-electron chi connectivity index (χ0n) is 9.97. The van der Waals surface area contributed by atoms with Crippen molar-refractivity contribution in [3.8, 4) is 0 Å². The van der Waals surface area contributed by atoms with Crippen LogP contribution in [0.25, 0.3) is 0 Å². The van der Waals surface area contributed by atoms with Crippen molar-refractivity contribution in [3.05, 3.63) is 24.3 Å². The Balaban J connectivity index is 2.11. The molecule has 2 rings (SSSR count). The fourth-order valence-electron chi connectivity index (χ4n) is 1.92. The van der Waals surface area contributed by atoms with E-state index in [2.05, 4.69) is 9.71 Å². The van der Waals surface area contributed by atoms with Crippen molar-refractivity contribution < 1.29 is 17.5 Å². The Bertz CT molecular complexity index is 515. The van der Waals surface area contributed by atoms with Crippen molar-refractivity contribution in [1.29, 1.82) is 0 Å². The maximum Gasteiger partial charge on any atom is 0.242 e. The summed E-state index contributed by atoms with van der Waals surface area (Å²) in [4.78, 5) is 3.36. The fraction of sp³-hybridized carbons (Fsp3) is 0.545. The molecule has 100 valence electrons. The summed E-state index contributed by atoms with van der Waals surface area (Å²) in [7, 11) is -3.75. The minimum Gasteiger partial charge on any atom is -0.377 e. The highest BCUT2D eigenvalue weighted by atomic mass is 32.2. The molecule has 1 aromatic rings. The summed E-state index contributed by atoms with van der Waals surface area (Å²) in [5, 5.41) is 0. The molecule has 1 N–H and O–H groups in total. The van der Waals surface area contributed by atoms with Crippen molar-refractivity contribution in [2.75, 3.05) is 6.61 Å². The molecule has 1 fully saturated rings. The van der Waals surface area contributed by atoms with Crippen molar-refractivity contribution >= 4 is 10.0 Å². The molecule has 2 heterocycles. The van der Waals surface area contributed by atoms with Crippen molar-refractivity contribution in [2.24, 2.45) is 0 Å². The summed E-state index contributed by atoms with van der Waals surface area (Å²) in [5.74, 6) is -0.678. The molecule has 0 saturated carbocycles. The highest BCUT2D eigenvalue weighted by Crippen LogP contribution is 2.17. The predicted octanol–water partition coefficient (Wildman–Crippen LogP) is 1.07. The van der Waals surface area contributed by atoms with Gasteiger partial charge in [0, 0.05) is 18.8 Å². The fourth-order valence-corrected chi connectivity index (χ4v) is 3.17. The van der Waals surface area contributed by atoms with Gasteiger partial charge in [0.1, 0.15) is 10.7 Å². The van der Waals surface area contributed by atoms with E-state index >= 15 is 0 Å². The van der Waals surface area contributed by atoms with Gasteiger partial charge in [-0.25, -0.2) is 17.5 Å². The molecule has 2 atom stereocenters. The monoisotopic (exact) mass is 274 g/mol. The minimum absolute atomic E-state index is 0.124. The van der Waals surface area contributed by atoms with E-state index in [-0.39, 0.29) is 17.0 Å². The Kier molecular flexibility index (Phi) is 3.94. The smallest absolute Gasteiger partial charge is 0.242 e. The average molecular weight is 274 g/mol. The van der Waals surface area contributed by atoms with Gasteiger partial charge in [-0.1, -0.05) is 0 Å². The van der Waals surface area contributed by atoms with Crippen LogP contribution in [0.1, 0.15) is 19.8 Å². The van der Waals surface area contributed by atoms with Gasteiger partial charge in [-0.15, -0.1) is 0 Å². The Morgan fingerprint density at radius 2 is 2.33 bits per heavy atom. The number of halogens is 1. The summed E-state index contributed by atoms with van der Waals surface area (Å²) >= 11 is 0. The van der Waals surface area contributed by atoms with E-state index in [1.54, 1.807) is 6.92 Å². The molecule has 1 aromatic heterocycles. The third-order valence-electron chi connectivity index (χ3n) is 2.85. The lowest BCUT2D eigenvalue weighted by atomic mass is 10.1. The standard InChI is InChI=1S/C11H15FN2O3S/c1-8(11-3-2-4-17-11)14-18(15,16)10-5-9(12)6-13-7-10/h5-8,11,14H,2-4H2,1H3/t8-,11+/m0/s1. The van der Waals surface area contributed by atoms with Crippen LogP contribution in [0.15, 0.2) is 23.4 Å². The van der Waals surface area contributed by atoms with E-state index in [4.69, 9.17) is 4.74 Å². The zero-order valence-corrected chi connectivity index (χ0v) is 10.8. The Morgan fingerprint density at radius 1 is 1.56 bits per heavy atom. The van der Waals surface area contributed by atoms with Crippen molar-refractivity contribution in [3.63, 3.8) is 0 Å². The van der Waals surface area contributed by atoms with E-state index < -0.39 is 15.8 Å². The number of sulfonamides is 1. The van der Waals surface area contributed by atoms with Gasteiger partial charge in [-0.3, -0.25) is 4.98 Å². The molecule has 0 aliphatic carbocycles. The molecule has 0 radical (unpaired) electrons. The summed E-state index contributed by atoms with van der Waals surface area (Å²) in [6.45, 7) is 2.39. The summed E-state index contributed by atoms with van der Waals surface area (Å²) in [6.07, 6.45) is 3.71. The van der Waals surface area contributed by atoms with Crippen LogP contribution in [-0.4, -0.2) is 32.2 Å². The summed E-state index contributed by atoms with van der Waals surface area (Å²) in [5.41, 5.74) is 0. The zero-order chi connectivity index (χ0) is 13.2. The van der Waals surface area contributed by atoms with Crippen LogP contribution >= 0.6 is 0 Å². The second-order valence-electron chi connectivity index (χ2n) is 4.30. The first kappa shape index (κ1) is 13.4. The first-order valence-corrected chi connectivity index (χ1v) is 7.22. The number of rotatable bonds is 4. The highest BCUT2D eigenvalue weighted by Gasteiger charge is 2.27. The minimum atomic E-state index is -3.75. The largest absolute Gasteiger partial charge is 0.377 e. The molecule has 5 nitrogen and oxygen atoms in total. The third-order valence-corrected chi connectivity index (χ3v) is 4.38. The summed E-state index contributed by atoms with van der Waals surface area (Å²) in [6, 6.07) is 0.596. The molecule has 0 unspecified atom stereocenters. The Labute approximate surface area is 105 Å². The molecule has 0 spiro atoms. The predicted molar refractivity (Wildman–Crippen MR) is 63.0 cm³/mol. The number of ether oxygens (including phenoxy) is 1. The summed E-state index contributed by atoms with van der Waals surface area (Å²) < 4.78 is 44.8. The average Bonchev–Trinajstić information content (AvgIpc) is 2.82. The molecule has 1 aliphatic rings. The van der Waals surface area contributed by atoms with Gasteiger partial charge < -0.3 is 4.74 Å². The van der Waals surface area contributed by atoms with Crippen LogP contribution in [0.5, 0.6) is 0 Å². The molecule has 0 amide bonds. The Hall–Kier alpha value is -1.05. The molecule has 7 heteroatoms. The van der Waals surface area contributed by atoms with Crippen LogP contribution in [-0.2, 0) is 14.8 Å². The maximum absolute atomic E-state index is 13.0. The van der Waals surface area contributed by atoms with Gasteiger partial charge in [0.2, 0.25) is 10.0 Å². The molecule has 1 saturated heterocycles. The molecule has 0 bridgehead atoms. The van der Waals surface area contributed by atoms with Gasteiger partial charge in [0.05, 0.1) is 12.3 Å². The number of pyridine rings is 1. The van der Waals surface area contributed by atoms with Gasteiger partial charge in [0.25, 0.3) is 0 Å². The van der Waals surface area contributed by atoms with E-state index in [1.165, 1.54) is 0 Å². The second kappa shape index (κ2) is 5.29. The second-order valence-corrected chi connectivity index (χ2v) is 6.01. The third kappa shape index (κ3) is 3.04. The number of nitrogens with zero attached hydrogens (tertiary/aromatic N) is 1. The highest BCUT2D eigenvalue weighted by molar-refractivity contribution is 7.89. The molecule has 0 aromatic carbocycles. The van der Waals surface area contributed by atoms with Crippen molar-refractivity contribution in [1.82, 2.24) is 9.71 Å². The molecule has 18 heavy (non-hydrogen) atoms. The maximum atomic E-state index is 13.0. The lowest BCUT2D eigenvalue weighted by Gasteiger charge is -2.19. The SMILES string of the molecule is C[C@H](NS(=O)(=O)c1cncc(F)c1)[C@H]1CCCO1. The van der Waals surface area contributed by atoms with E-state index in [9.17, 15) is 12.8 Å². The van der Waals surface area contributed by atoms with E-state index in [0.29, 0.717) is 6.61 Å². The van der Waals surface area contributed by atoms with Gasteiger partial charge in [-0.2, -0.15) is 0 Å². The first-order valence-electron chi connectivity index (χ1n) is 5.73. The topological polar surface area (TPSA) is 68.3 Å². The quantitative estimate of drug-likeness (QED) is 0.891. The molecular weight excluding hydrogens is 259 g/mol.